The smallest absolute Gasteiger partial charge is 0.416 e. The van der Waals surface area contributed by atoms with E-state index in [1.807, 2.05) is 5.32 Å². The highest BCUT2D eigenvalue weighted by atomic mass is 19.4. The quantitative estimate of drug-likeness (QED) is 0.372. The van der Waals surface area contributed by atoms with Crippen LogP contribution in [-0.2, 0) is 12.4 Å². The third kappa shape index (κ3) is 5.99. The minimum Gasteiger partial charge on any atom is -0.494 e. The highest BCUT2D eigenvalue weighted by Crippen LogP contribution is 2.61. The van der Waals surface area contributed by atoms with Gasteiger partial charge in [0.25, 0.3) is 0 Å². The van der Waals surface area contributed by atoms with Gasteiger partial charge in [-0.05, 0) is 111 Å². The first-order valence-electron chi connectivity index (χ1n) is 12.5. The Morgan fingerprint density at radius 2 is 1.27 bits per heavy atom. The third-order valence-corrected chi connectivity index (χ3v) is 8.02. The maximum Gasteiger partial charge on any atom is 0.416 e. The summed E-state index contributed by atoms with van der Waals surface area (Å²) in [6.45, 7) is 0.608. The Hall–Kier alpha value is -2.91. The van der Waals surface area contributed by atoms with Gasteiger partial charge in [0.1, 0.15) is 5.75 Å². The van der Waals surface area contributed by atoms with Gasteiger partial charge in [0, 0.05) is 11.4 Å². The van der Waals surface area contributed by atoms with Crippen LogP contribution in [-0.4, -0.2) is 12.6 Å². The van der Waals surface area contributed by atoms with Gasteiger partial charge in [-0.2, -0.15) is 26.3 Å². The topological polar surface area (TPSA) is 50.4 Å². The molecule has 0 radical (unpaired) electrons. The van der Waals surface area contributed by atoms with Crippen LogP contribution in [0.4, 0.5) is 42.5 Å². The van der Waals surface area contributed by atoms with Gasteiger partial charge in [-0.25, -0.2) is 4.79 Å². The minimum absolute atomic E-state index is 0.00498. The summed E-state index contributed by atoms with van der Waals surface area (Å²) < 4.78 is 84.1. The van der Waals surface area contributed by atoms with Crippen molar-refractivity contribution in [2.45, 2.75) is 57.3 Å². The Kier molecular flexibility index (Phi) is 6.56. The first kappa shape index (κ1) is 25.7. The second-order valence-corrected chi connectivity index (χ2v) is 10.9. The average Bonchev–Trinajstić information content (AvgIpc) is 2.78. The summed E-state index contributed by atoms with van der Waals surface area (Å²) in [5.74, 6) is 3.25. The van der Waals surface area contributed by atoms with Gasteiger partial charge in [-0.15, -0.1) is 0 Å². The van der Waals surface area contributed by atoms with Crippen LogP contribution in [0.15, 0.2) is 42.5 Å². The highest BCUT2D eigenvalue weighted by Gasteiger charge is 2.50. The van der Waals surface area contributed by atoms with Crippen LogP contribution >= 0.6 is 0 Å². The van der Waals surface area contributed by atoms with Crippen molar-refractivity contribution < 1.29 is 35.9 Å². The zero-order valence-electron chi connectivity index (χ0n) is 20.0. The molecule has 4 fully saturated rings. The van der Waals surface area contributed by atoms with Crippen LogP contribution in [0.1, 0.15) is 56.1 Å². The van der Waals surface area contributed by atoms with Gasteiger partial charge in [0.15, 0.2) is 0 Å². The minimum atomic E-state index is -5.00. The van der Waals surface area contributed by atoms with Crippen LogP contribution in [0.25, 0.3) is 0 Å². The van der Waals surface area contributed by atoms with Crippen LogP contribution in [0.2, 0.25) is 0 Å². The Morgan fingerprint density at radius 1 is 0.784 bits per heavy atom. The molecular weight excluding hydrogens is 498 g/mol. The Labute approximate surface area is 210 Å². The molecule has 4 nitrogen and oxygen atoms in total. The number of carbonyl (C=O) groups is 1. The number of ether oxygens (including phenoxy) is 1. The first-order chi connectivity index (χ1) is 17.4. The van der Waals surface area contributed by atoms with Gasteiger partial charge in [0.2, 0.25) is 0 Å². The van der Waals surface area contributed by atoms with Crippen molar-refractivity contribution in [2.75, 3.05) is 17.2 Å². The summed E-state index contributed by atoms with van der Waals surface area (Å²) in [6, 6.07) is 6.40. The highest BCUT2D eigenvalue weighted by molar-refractivity contribution is 5.99. The molecule has 4 aliphatic carbocycles. The van der Waals surface area contributed by atoms with Crippen LogP contribution in [0, 0.1) is 23.2 Å². The summed E-state index contributed by atoms with van der Waals surface area (Å²) in [6.07, 6.45) is -0.905. The fourth-order valence-electron chi connectivity index (χ4n) is 6.94. The molecule has 6 rings (SSSR count). The number of rotatable bonds is 6. The molecule has 2 amide bonds. The third-order valence-electron chi connectivity index (χ3n) is 8.02. The number of hydrogen-bond donors (Lipinski definition) is 2. The van der Waals surface area contributed by atoms with Gasteiger partial charge < -0.3 is 15.4 Å². The number of halogens is 6. The molecule has 0 unspecified atom stereocenters. The molecular formula is C27H28F6N2O2. The molecule has 4 aliphatic rings. The summed E-state index contributed by atoms with van der Waals surface area (Å²) in [4.78, 5) is 12.3. The van der Waals surface area contributed by atoms with Crippen LogP contribution in [0.5, 0.6) is 5.75 Å². The van der Waals surface area contributed by atoms with E-state index in [4.69, 9.17) is 4.74 Å². The molecule has 37 heavy (non-hydrogen) atoms. The molecule has 0 atom stereocenters. The molecule has 0 heterocycles. The standard InChI is InChI=1S/C27H28F6N2O2/c28-26(29,30)19-10-20(27(31,32)33)12-22(11-19)35-24(36)34-21-1-3-23(4-2-21)37-6-5-25-13-16-7-17(14-25)9-18(8-16)15-25/h1-4,10-12,16-18H,5-9,13-15H2,(H2,34,35,36). The van der Waals surface area contributed by atoms with Crippen molar-refractivity contribution in [3.05, 3.63) is 53.6 Å². The molecule has 2 N–H and O–H groups in total. The maximum atomic E-state index is 13.0. The number of amides is 2. The van der Waals surface area contributed by atoms with Gasteiger partial charge in [-0.3, -0.25) is 0 Å². The molecule has 0 saturated heterocycles. The van der Waals surface area contributed by atoms with E-state index in [2.05, 4.69) is 5.32 Å². The van der Waals surface area contributed by atoms with Gasteiger partial charge in [-0.1, -0.05) is 0 Å². The molecule has 4 saturated carbocycles. The largest absolute Gasteiger partial charge is 0.494 e. The summed E-state index contributed by atoms with van der Waals surface area (Å²) in [5.41, 5.74) is -2.91. The molecule has 10 heteroatoms. The monoisotopic (exact) mass is 526 g/mol. The lowest BCUT2D eigenvalue weighted by molar-refractivity contribution is -0.143. The first-order valence-corrected chi connectivity index (χ1v) is 12.5. The van der Waals surface area contributed by atoms with E-state index in [1.54, 1.807) is 24.3 Å². The molecule has 2 aromatic carbocycles. The number of hydrogen-bond acceptors (Lipinski definition) is 2. The lowest BCUT2D eigenvalue weighted by Crippen LogP contribution is -2.46. The van der Waals surface area contributed by atoms with Crippen molar-refractivity contribution in [1.82, 2.24) is 0 Å². The fraction of sp³-hybridized carbons (Fsp3) is 0.519. The van der Waals surface area contributed by atoms with E-state index in [-0.39, 0.29) is 6.07 Å². The van der Waals surface area contributed by atoms with E-state index in [1.165, 1.54) is 38.5 Å². The Balaban J connectivity index is 1.15. The van der Waals surface area contributed by atoms with Crippen LogP contribution < -0.4 is 15.4 Å². The predicted molar refractivity (Wildman–Crippen MR) is 126 cm³/mol. The average molecular weight is 527 g/mol. The van der Waals surface area contributed by atoms with Crippen LogP contribution in [0.3, 0.4) is 0 Å². The van der Waals surface area contributed by atoms with E-state index in [9.17, 15) is 31.1 Å². The Bertz CT molecular complexity index is 1080. The molecule has 200 valence electrons. The van der Waals surface area contributed by atoms with Gasteiger partial charge >= 0.3 is 18.4 Å². The molecule has 4 bridgehead atoms. The zero-order chi connectivity index (χ0) is 26.4. The van der Waals surface area contributed by atoms with Crippen molar-refractivity contribution in [1.29, 1.82) is 0 Å². The lowest BCUT2D eigenvalue weighted by atomic mass is 9.49. The maximum absolute atomic E-state index is 13.0. The number of urea groups is 1. The van der Waals surface area contributed by atoms with Crippen molar-refractivity contribution in [2.24, 2.45) is 23.2 Å². The second kappa shape index (κ2) is 9.44. The number of anilines is 2. The van der Waals surface area contributed by atoms with E-state index in [0.717, 1.165) is 24.2 Å². The van der Waals surface area contributed by atoms with Crippen molar-refractivity contribution in [3.63, 3.8) is 0 Å². The number of carbonyl (C=O) groups excluding carboxylic acids is 1. The second-order valence-electron chi connectivity index (χ2n) is 10.9. The number of alkyl halides is 6. The van der Waals surface area contributed by atoms with E-state index in [0.29, 0.717) is 35.6 Å². The van der Waals surface area contributed by atoms with E-state index < -0.39 is 35.2 Å². The molecule has 0 spiro atoms. The number of nitrogens with one attached hydrogen (secondary N) is 2. The number of benzene rings is 2. The molecule has 0 aliphatic heterocycles. The predicted octanol–water partition coefficient (Wildman–Crippen LogP) is 8.35. The Morgan fingerprint density at radius 3 is 1.76 bits per heavy atom. The summed E-state index contributed by atoms with van der Waals surface area (Å²) in [7, 11) is 0. The fourth-order valence-corrected chi connectivity index (χ4v) is 6.94. The molecule has 0 aromatic heterocycles. The van der Waals surface area contributed by atoms with Gasteiger partial charge in [0.05, 0.1) is 17.7 Å². The van der Waals surface area contributed by atoms with Crippen molar-refractivity contribution >= 4 is 17.4 Å². The summed E-state index contributed by atoms with van der Waals surface area (Å²) >= 11 is 0. The lowest BCUT2D eigenvalue weighted by Gasteiger charge is -2.57. The van der Waals surface area contributed by atoms with Crippen molar-refractivity contribution in [3.8, 4) is 5.75 Å². The molecule has 2 aromatic rings. The van der Waals surface area contributed by atoms with E-state index >= 15 is 0 Å². The summed E-state index contributed by atoms with van der Waals surface area (Å²) in [5, 5.41) is 4.46. The normalized spacial score (nSPS) is 26.7. The SMILES string of the molecule is O=C(Nc1ccc(OCCC23CC4CC(CC(C4)C2)C3)cc1)Nc1cc(C(F)(F)F)cc(C(F)(F)F)c1. The zero-order valence-corrected chi connectivity index (χ0v) is 20.0.